The smallest absolute Gasteiger partial charge is 0.320 e. The minimum atomic E-state index is -1.11. The van der Waals surface area contributed by atoms with Gasteiger partial charge in [0.2, 0.25) is 5.91 Å². The van der Waals surface area contributed by atoms with Crippen molar-refractivity contribution < 1.29 is 34.2 Å². The minimum Gasteiger partial charge on any atom is -0.480 e. The van der Waals surface area contributed by atoms with Crippen molar-refractivity contribution in [2.24, 2.45) is 11.5 Å². The summed E-state index contributed by atoms with van der Waals surface area (Å²) in [7, 11) is 0. The Morgan fingerprint density at radius 2 is 1.91 bits per heavy atom. The van der Waals surface area contributed by atoms with E-state index in [2.05, 4.69) is 0 Å². The number of nitrogens with two attached hydrogens (primary N) is 2. The summed E-state index contributed by atoms with van der Waals surface area (Å²) in [5.74, 6) is -1.64. The van der Waals surface area contributed by atoms with Gasteiger partial charge in [-0.2, -0.15) is 0 Å². The number of aliphatic carboxylic acids is 1. The van der Waals surface area contributed by atoms with Gasteiger partial charge in [0.15, 0.2) is 0 Å². The molecule has 11 heavy (non-hydrogen) atoms. The first-order valence-corrected chi connectivity index (χ1v) is 2.80. The van der Waals surface area contributed by atoms with Gasteiger partial charge in [0, 0.05) is 25.9 Å². The molecule has 0 rings (SSSR count). The SMILES string of the molecule is NC(=O)CC[C@H](N)C(=O)O.[Zn]. The van der Waals surface area contributed by atoms with Crippen molar-refractivity contribution in [1.82, 2.24) is 0 Å². The summed E-state index contributed by atoms with van der Waals surface area (Å²) in [6.45, 7) is 0. The second-order valence-corrected chi connectivity index (χ2v) is 1.95. The minimum absolute atomic E-state index is 0. The maximum Gasteiger partial charge on any atom is 0.320 e. The molecule has 0 aliphatic rings. The summed E-state index contributed by atoms with van der Waals surface area (Å²) >= 11 is 0. The van der Waals surface area contributed by atoms with Crippen LogP contribution in [0.5, 0.6) is 0 Å². The number of carboxylic acid groups (broad SMARTS) is 1. The van der Waals surface area contributed by atoms with Gasteiger partial charge in [0.25, 0.3) is 0 Å². The molecule has 0 aromatic heterocycles. The number of hydrogen-bond acceptors (Lipinski definition) is 3. The van der Waals surface area contributed by atoms with Gasteiger partial charge in [-0.25, -0.2) is 0 Å². The normalized spacial score (nSPS) is 11.4. The van der Waals surface area contributed by atoms with Crippen LogP contribution in [0.4, 0.5) is 0 Å². The van der Waals surface area contributed by atoms with Crippen LogP contribution in [0.25, 0.3) is 0 Å². The van der Waals surface area contributed by atoms with Crippen molar-refractivity contribution in [2.45, 2.75) is 18.9 Å². The first-order valence-electron chi connectivity index (χ1n) is 2.80. The van der Waals surface area contributed by atoms with Crippen LogP contribution in [0, 0.1) is 0 Å². The fraction of sp³-hybridized carbons (Fsp3) is 0.600. The molecule has 0 radical (unpaired) electrons. The zero-order valence-corrected chi connectivity index (χ0v) is 9.08. The number of amides is 1. The molecule has 0 saturated heterocycles. The molecule has 0 aliphatic carbocycles. The van der Waals surface area contributed by atoms with E-state index in [-0.39, 0.29) is 32.3 Å². The van der Waals surface area contributed by atoms with E-state index in [0.717, 1.165) is 0 Å². The molecule has 0 unspecified atom stereocenters. The zero-order chi connectivity index (χ0) is 8.15. The third-order valence-corrected chi connectivity index (χ3v) is 1.02. The van der Waals surface area contributed by atoms with Crippen molar-refractivity contribution in [3.63, 3.8) is 0 Å². The number of hydrogen-bond donors (Lipinski definition) is 3. The summed E-state index contributed by atoms with van der Waals surface area (Å²) in [6, 6.07) is -0.979. The van der Waals surface area contributed by atoms with Crippen LogP contribution in [0.1, 0.15) is 12.8 Å². The molecule has 60 valence electrons. The molecular weight excluding hydrogens is 201 g/mol. The Labute approximate surface area is 76.9 Å². The first-order chi connectivity index (χ1) is 4.54. The molecule has 0 aliphatic heterocycles. The van der Waals surface area contributed by atoms with Crippen molar-refractivity contribution in [2.75, 3.05) is 0 Å². The van der Waals surface area contributed by atoms with E-state index >= 15 is 0 Å². The van der Waals surface area contributed by atoms with Crippen LogP contribution in [0.15, 0.2) is 0 Å². The fourth-order valence-corrected chi connectivity index (χ4v) is 0.421. The molecule has 0 fully saturated rings. The maximum atomic E-state index is 10.1. The third-order valence-electron chi connectivity index (χ3n) is 1.02. The van der Waals surface area contributed by atoms with E-state index < -0.39 is 17.9 Å². The van der Waals surface area contributed by atoms with Crippen molar-refractivity contribution in [3.05, 3.63) is 0 Å². The average Bonchev–Trinajstić information content (AvgIpc) is 1.82. The maximum absolute atomic E-state index is 10.1. The van der Waals surface area contributed by atoms with Crippen LogP contribution in [-0.2, 0) is 29.1 Å². The molecule has 0 aromatic carbocycles. The average molecular weight is 212 g/mol. The van der Waals surface area contributed by atoms with Crippen LogP contribution >= 0.6 is 0 Å². The van der Waals surface area contributed by atoms with Gasteiger partial charge in [0.05, 0.1) is 0 Å². The summed E-state index contributed by atoms with van der Waals surface area (Å²) in [4.78, 5) is 20.1. The Morgan fingerprint density at radius 3 is 2.18 bits per heavy atom. The quantitative estimate of drug-likeness (QED) is 0.501. The standard InChI is InChI=1S/C5H10N2O3.Zn/c6-3(5(9)10)1-2-4(7)8;/h3H,1-2,6H2,(H2,7,8)(H,9,10);/t3-;/m0./s1. The van der Waals surface area contributed by atoms with Crippen LogP contribution in [-0.4, -0.2) is 23.0 Å². The van der Waals surface area contributed by atoms with E-state index in [1.807, 2.05) is 0 Å². The van der Waals surface area contributed by atoms with Gasteiger partial charge in [-0.1, -0.05) is 0 Å². The van der Waals surface area contributed by atoms with Crippen LogP contribution in [0.2, 0.25) is 0 Å². The number of rotatable bonds is 4. The molecule has 0 aromatic rings. The Morgan fingerprint density at radius 1 is 1.45 bits per heavy atom. The van der Waals surface area contributed by atoms with Gasteiger partial charge in [-0.3, -0.25) is 9.59 Å². The van der Waals surface area contributed by atoms with Crippen LogP contribution in [0.3, 0.4) is 0 Å². The molecule has 1 atom stereocenters. The molecule has 0 bridgehead atoms. The molecule has 5 nitrogen and oxygen atoms in total. The largest absolute Gasteiger partial charge is 0.480 e. The predicted octanol–water partition coefficient (Wildman–Crippen LogP) is -1.34. The molecule has 0 saturated carbocycles. The molecule has 0 spiro atoms. The number of carbonyl (C=O) groups excluding carboxylic acids is 1. The number of carbonyl (C=O) groups is 2. The number of primary amides is 1. The summed E-state index contributed by atoms with van der Waals surface area (Å²) in [5.41, 5.74) is 9.81. The van der Waals surface area contributed by atoms with E-state index in [0.29, 0.717) is 0 Å². The summed E-state index contributed by atoms with van der Waals surface area (Å²) in [6.07, 6.45) is 0.123. The van der Waals surface area contributed by atoms with Gasteiger partial charge in [-0.05, 0) is 6.42 Å². The Bertz CT molecular complexity index is 151. The molecule has 0 heterocycles. The Balaban J connectivity index is 0. The van der Waals surface area contributed by atoms with Crippen molar-refractivity contribution >= 4 is 11.9 Å². The molecule has 1 amide bonds. The Kier molecular flexibility index (Phi) is 7.46. The monoisotopic (exact) mass is 210 g/mol. The topological polar surface area (TPSA) is 106 Å². The fourth-order valence-electron chi connectivity index (χ4n) is 0.421. The molecular formula is C5H10N2O3Zn. The van der Waals surface area contributed by atoms with Crippen LogP contribution < -0.4 is 11.5 Å². The summed E-state index contributed by atoms with van der Waals surface area (Å²) < 4.78 is 0. The van der Waals surface area contributed by atoms with E-state index in [1.165, 1.54) is 0 Å². The van der Waals surface area contributed by atoms with Gasteiger partial charge >= 0.3 is 5.97 Å². The summed E-state index contributed by atoms with van der Waals surface area (Å²) in [5, 5.41) is 8.22. The van der Waals surface area contributed by atoms with E-state index in [9.17, 15) is 9.59 Å². The second-order valence-electron chi connectivity index (χ2n) is 1.95. The predicted molar refractivity (Wildman–Crippen MR) is 34.0 cm³/mol. The Hall–Kier alpha value is -0.477. The molecule has 5 N–H and O–H groups in total. The van der Waals surface area contributed by atoms with E-state index in [1.54, 1.807) is 0 Å². The first kappa shape index (κ1) is 13.1. The van der Waals surface area contributed by atoms with Gasteiger partial charge in [-0.15, -0.1) is 0 Å². The third kappa shape index (κ3) is 7.42. The second kappa shape index (κ2) is 6.25. The van der Waals surface area contributed by atoms with Gasteiger partial charge in [0.1, 0.15) is 6.04 Å². The van der Waals surface area contributed by atoms with E-state index in [4.69, 9.17) is 16.6 Å². The molecule has 6 heteroatoms. The van der Waals surface area contributed by atoms with Crippen molar-refractivity contribution in [3.8, 4) is 0 Å². The number of carboxylic acids is 1. The zero-order valence-electron chi connectivity index (χ0n) is 6.12. The van der Waals surface area contributed by atoms with Crippen molar-refractivity contribution in [1.29, 1.82) is 0 Å². The van der Waals surface area contributed by atoms with Gasteiger partial charge < -0.3 is 16.6 Å².